The van der Waals surface area contributed by atoms with Crippen LogP contribution in [0.2, 0.25) is 0 Å². The van der Waals surface area contributed by atoms with Crippen molar-refractivity contribution in [2.45, 2.75) is 6.92 Å². The number of aromatic nitrogens is 1. The van der Waals surface area contributed by atoms with Gasteiger partial charge >= 0.3 is 6.09 Å². The van der Waals surface area contributed by atoms with Crippen LogP contribution in [-0.2, 0) is 4.74 Å². The van der Waals surface area contributed by atoms with Gasteiger partial charge in [-0.3, -0.25) is 4.79 Å². The lowest BCUT2D eigenvalue weighted by Crippen LogP contribution is -2.49. The Bertz CT molecular complexity index is 551. The Morgan fingerprint density at radius 2 is 2.09 bits per heavy atom. The molecule has 1 saturated heterocycles. The minimum atomic E-state index is -0.264. The molecule has 0 aliphatic carbocycles. The number of hydrogen-bond donors (Lipinski definition) is 1. The van der Waals surface area contributed by atoms with Crippen LogP contribution in [0.25, 0.3) is 0 Å². The first-order valence-corrected chi connectivity index (χ1v) is 7.67. The summed E-state index contributed by atoms with van der Waals surface area (Å²) in [6, 6.07) is 3.57. The maximum Gasteiger partial charge on any atom is 0.409 e. The van der Waals surface area contributed by atoms with Gasteiger partial charge in [0.05, 0.1) is 18.5 Å². The molecular formula is C16H22N4O3. The van der Waals surface area contributed by atoms with Gasteiger partial charge in [0.25, 0.3) is 5.91 Å². The average Bonchev–Trinajstić information content (AvgIpc) is 2.60. The second-order valence-electron chi connectivity index (χ2n) is 5.07. The van der Waals surface area contributed by atoms with Crippen LogP contribution in [0, 0.1) is 0 Å². The summed E-state index contributed by atoms with van der Waals surface area (Å²) < 4.78 is 5.00. The molecule has 2 rings (SSSR count). The molecule has 1 aromatic rings. The number of hydrogen-bond acceptors (Lipinski definition) is 5. The molecule has 2 amide bonds. The van der Waals surface area contributed by atoms with Crippen LogP contribution in [0.4, 0.5) is 10.5 Å². The number of pyridine rings is 1. The average molecular weight is 318 g/mol. The summed E-state index contributed by atoms with van der Waals surface area (Å²) in [7, 11) is 0. The predicted octanol–water partition coefficient (Wildman–Crippen LogP) is 1.28. The summed E-state index contributed by atoms with van der Waals surface area (Å²) in [4.78, 5) is 31.5. The van der Waals surface area contributed by atoms with Crippen LogP contribution in [-0.4, -0.2) is 61.2 Å². The molecule has 1 aliphatic heterocycles. The minimum Gasteiger partial charge on any atom is -0.450 e. The second kappa shape index (κ2) is 8.17. The topological polar surface area (TPSA) is 74.8 Å². The van der Waals surface area contributed by atoms with Gasteiger partial charge in [-0.25, -0.2) is 9.78 Å². The number of piperazine rings is 1. The zero-order valence-electron chi connectivity index (χ0n) is 13.3. The number of nitrogens with zero attached hydrogens (tertiary/aromatic N) is 3. The van der Waals surface area contributed by atoms with Gasteiger partial charge < -0.3 is 19.9 Å². The Morgan fingerprint density at radius 1 is 1.35 bits per heavy atom. The fourth-order valence-corrected chi connectivity index (χ4v) is 2.32. The third-order valence-corrected chi connectivity index (χ3v) is 3.56. The van der Waals surface area contributed by atoms with Crippen LogP contribution >= 0.6 is 0 Å². The normalized spacial score (nSPS) is 14.3. The minimum absolute atomic E-state index is 0.219. The molecule has 1 aromatic heterocycles. The molecule has 1 fully saturated rings. The fourth-order valence-electron chi connectivity index (χ4n) is 2.32. The first-order chi connectivity index (χ1) is 11.2. The second-order valence-corrected chi connectivity index (χ2v) is 5.07. The third-order valence-electron chi connectivity index (χ3n) is 3.56. The maximum absolute atomic E-state index is 11.8. The number of carbonyl (C=O) groups is 2. The summed E-state index contributed by atoms with van der Waals surface area (Å²) in [5.74, 6) is -0.219. The highest BCUT2D eigenvalue weighted by atomic mass is 16.6. The van der Waals surface area contributed by atoms with Crippen molar-refractivity contribution in [2.24, 2.45) is 0 Å². The molecule has 7 nitrogen and oxygen atoms in total. The molecule has 0 bridgehead atoms. The van der Waals surface area contributed by atoms with Crippen LogP contribution < -0.4 is 10.2 Å². The molecule has 124 valence electrons. The number of ether oxygens (including phenoxy) is 1. The van der Waals surface area contributed by atoms with E-state index in [1.165, 1.54) is 0 Å². The number of amides is 2. The number of anilines is 1. The fraction of sp³-hybridized carbons (Fsp3) is 0.438. The Hall–Kier alpha value is -2.57. The number of carbonyl (C=O) groups excluding carboxylic acids is 2. The number of nitrogens with one attached hydrogen (secondary N) is 1. The van der Waals surface area contributed by atoms with Gasteiger partial charge in [-0.15, -0.1) is 6.58 Å². The summed E-state index contributed by atoms with van der Waals surface area (Å²) >= 11 is 0. The van der Waals surface area contributed by atoms with E-state index in [2.05, 4.69) is 21.8 Å². The summed E-state index contributed by atoms with van der Waals surface area (Å²) in [6.07, 6.45) is 3.04. The molecule has 0 aromatic carbocycles. The highest BCUT2D eigenvalue weighted by Gasteiger charge is 2.22. The first kappa shape index (κ1) is 16.8. The van der Waals surface area contributed by atoms with Gasteiger partial charge in [-0.1, -0.05) is 6.08 Å². The van der Waals surface area contributed by atoms with E-state index in [0.717, 1.165) is 5.69 Å². The highest BCUT2D eigenvalue weighted by Crippen LogP contribution is 2.16. The van der Waals surface area contributed by atoms with E-state index in [1.807, 2.05) is 6.07 Å². The van der Waals surface area contributed by atoms with E-state index in [1.54, 1.807) is 30.2 Å². The number of rotatable bonds is 5. The molecule has 0 radical (unpaired) electrons. The molecule has 0 unspecified atom stereocenters. The Kier molecular flexibility index (Phi) is 5.96. The van der Waals surface area contributed by atoms with Gasteiger partial charge in [0, 0.05) is 32.7 Å². The predicted molar refractivity (Wildman–Crippen MR) is 87.6 cm³/mol. The smallest absolute Gasteiger partial charge is 0.409 e. The zero-order valence-corrected chi connectivity index (χ0v) is 13.3. The molecule has 0 spiro atoms. The summed E-state index contributed by atoms with van der Waals surface area (Å²) in [5, 5.41) is 2.69. The highest BCUT2D eigenvalue weighted by molar-refractivity contribution is 5.92. The van der Waals surface area contributed by atoms with Gasteiger partial charge in [0.15, 0.2) is 0 Å². The first-order valence-electron chi connectivity index (χ1n) is 7.67. The van der Waals surface area contributed by atoms with Crippen molar-refractivity contribution >= 4 is 17.7 Å². The summed E-state index contributed by atoms with van der Waals surface area (Å²) in [5.41, 5.74) is 1.31. The Balaban J connectivity index is 1.90. The van der Waals surface area contributed by atoms with Gasteiger partial charge in [-0.05, 0) is 19.1 Å². The molecular weight excluding hydrogens is 296 g/mol. The molecule has 2 heterocycles. The lowest BCUT2D eigenvalue weighted by Gasteiger charge is -2.35. The van der Waals surface area contributed by atoms with Crippen LogP contribution in [0.3, 0.4) is 0 Å². The SMILES string of the molecule is C=CCNC(=O)c1ccc(N2CCN(C(=O)OCC)CC2)cn1. The summed E-state index contributed by atoms with van der Waals surface area (Å²) in [6.45, 7) is 8.80. The monoisotopic (exact) mass is 318 g/mol. The van der Waals surface area contributed by atoms with Crippen LogP contribution in [0.15, 0.2) is 31.0 Å². The van der Waals surface area contributed by atoms with Crippen molar-refractivity contribution in [3.63, 3.8) is 0 Å². The Morgan fingerprint density at radius 3 is 2.65 bits per heavy atom. The van der Waals surface area contributed by atoms with Crippen molar-refractivity contribution in [3.8, 4) is 0 Å². The van der Waals surface area contributed by atoms with E-state index in [-0.39, 0.29) is 12.0 Å². The quantitative estimate of drug-likeness (QED) is 0.828. The van der Waals surface area contributed by atoms with E-state index >= 15 is 0 Å². The molecule has 23 heavy (non-hydrogen) atoms. The lowest BCUT2D eigenvalue weighted by molar-refractivity contribution is 0.0952. The van der Waals surface area contributed by atoms with Crippen molar-refractivity contribution in [1.29, 1.82) is 0 Å². The molecule has 7 heteroatoms. The van der Waals surface area contributed by atoms with Gasteiger partial charge in [0.2, 0.25) is 0 Å². The van der Waals surface area contributed by atoms with Gasteiger partial charge in [-0.2, -0.15) is 0 Å². The molecule has 0 saturated carbocycles. The van der Waals surface area contributed by atoms with Crippen molar-refractivity contribution in [3.05, 3.63) is 36.7 Å². The molecule has 0 atom stereocenters. The van der Waals surface area contributed by atoms with E-state index in [4.69, 9.17) is 4.74 Å². The van der Waals surface area contributed by atoms with Crippen LogP contribution in [0.1, 0.15) is 17.4 Å². The molecule has 1 N–H and O–H groups in total. The van der Waals surface area contributed by atoms with Crippen molar-refractivity contribution in [2.75, 3.05) is 44.2 Å². The van der Waals surface area contributed by atoms with Crippen molar-refractivity contribution in [1.82, 2.24) is 15.2 Å². The Labute approximate surface area is 135 Å². The standard InChI is InChI=1S/C16H22N4O3/c1-3-7-17-15(21)14-6-5-13(12-18-14)19-8-10-20(11-9-19)16(22)23-4-2/h3,5-6,12H,1,4,7-11H2,2H3,(H,17,21). The van der Waals surface area contributed by atoms with Crippen molar-refractivity contribution < 1.29 is 14.3 Å². The zero-order chi connectivity index (χ0) is 16.7. The van der Waals surface area contributed by atoms with E-state index < -0.39 is 0 Å². The third kappa shape index (κ3) is 4.45. The van der Waals surface area contributed by atoms with E-state index in [9.17, 15) is 9.59 Å². The largest absolute Gasteiger partial charge is 0.450 e. The van der Waals surface area contributed by atoms with E-state index in [0.29, 0.717) is 45.0 Å². The maximum atomic E-state index is 11.8. The molecule has 1 aliphatic rings. The lowest BCUT2D eigenvalue weighted by atomic mass is 10.2. The van der Waals surface area contributed by atoms with Gasteiger partial charge in [0.1, 0.15) is 5.69 Å². The van der Waals surface area contributed by atoms with Crippen LogP contribution in [0.5, 0.6) is 0 Å².